The van der Waals surface area contributed by atoms with Crippen LogP contribution in [0.5, 0.6) is 0 Å². The van der Waals surface area contributed by atoms with Gasteiger partial charge in [0.25, 0.3) is 0 Å². The predicted molar refractivity (Wildman–Crippen MR) is 113 cm³/mol. The van der Waals surface area contributed by atoms with Crippen LogP contribution in [0, 0.1) is 0 Å². The Hall–Kier alpha value is -1.20. The molecule has 0 heterocycles. The summed E-state index contributed by atoms with van der Waals surface area (Å²) in [6.45, 7) is 16.1. The molecule has 27 heavy (non-hydrogen) atoms. The molecule has 1 N–H and O–H groups in total. The Labute approximate surface area is 166 Å². The minimum atomic E-state index is -3.80. The molecule has 0 aromatic heterocycles. The maximum Gasteiger partial charge on any atom is 0.241 e. The van der Waals surface area contributed by atoms with E-state index in [4.69, 9.17) is 0 Å². The number of benzene rings is 1. The van der Waals surface area contributed by atoms with Crippen LogP contribution in [0.3, 0.4) is 0 Å². The van der Waals surface area contributed by atoms with E-state index in [0.717, 1.165) is 16.7 Å². The van der Waals surface area contributed by atoms with Crippen molar-refractivity contribution in [1.29, 1.82) is 0 Å². The van der Waals surface area contributed by atoms with E-state index in [0.29, 0.717) is 30.1 Å². The minimum absolute atomic E-state index is 0.0421. The number of rotatable bonds is 10. The fourth-order valence-electron chi connectivity index (χ4n) is 3.24. The summed E-state index contributed by atoms with van der Waals surface area (Å²) in [5, 5.41) is 0. The first-order chi connectivity index (χ1) is 12.5. The molecule has 0 radical (unpaired) electrons. The topological polar surface area (TPSA) is 63.2 Å². The Morgan fingerprint density at radius 1 is 0.926 bits per heavy atom. The van der Waals surface area contributed by atoms with Crippen LogP contribution < -0.4 is 4.72 Å². The molecule has 0 amide bonds. The maximum absolute atomic E-state index is 13.4. The maximum atomic E-state index is 13.4. The number of carbonyl (C=O) groups is 1. The van der Waals surface area contributed by atoms with Crippen LogP contribution in [0.2, 0.25) is 0 Å². The van der Waals surface area contributed by atoms with Crippen LogP contribution in [-0.2, 0) is 14.8 Å². The molecule has 1 aromatic carbocycles. The van der Waals surface area contributed by atoms with Crippen LogP contribution in [0.4, 0.5) is 0 Å². The third-order valence-corrected chi connectivity index (χ3v) is 6.54. The normalized spacial score (nSPS) is 13.6. The van der Waals surface area contributed by atoms with Crippen molar-refractivity contribution in [3.63, 3.8) is 0 Å². The first-order valence-electron chi connectivity index (χ1n) is 10.2. The second kappa shape index (κ2) is 9.83. The summed E-state index contributed by atoms with van der Waals surface area (Å²) in [5.41, 5.74) is 2.81. The van der Waals surface area contributed by atoms with Gasteiger partial charge in [-0.3, -0.25) is 4.79 Å². The first kappa shape index (κ1) is 23.8. The largest absolute Gasteiger partial charge is 0.298 e. The molecule has 0 spiro atoms. The smallest absolute Gasteiger partial charge is 0.241 e. The van der Waals surface area contributed by atoms with Crippen molar-refractivity contribution in [2.75, 3.05) is 0 Å². The van der Waals surface area contributed by atoms with Gasteiger partial charge in [0.15, 0.2) is 5.78 Å². The van der Waals surface area contributed by atoms with Crippen LogP contribution >= 0.6 is 0 Å². The van der Waals surface area contributed by atoms with E-state index in [1.165, 1.54) is 0 Å². The lowest BCUT2D eigenvalue weighted by Gasteiger charge is -2.24. The van der Waals surface area contributed by atoms with Crippen LogP contribution in [0.1, 0.15) is 109 Å². The van der Waals surface area contributed by atoms with Gasteiger partial charge in [0, 0.05) is 6.42 Å². The van der Waals surface area contributed by atoms with Crippen molar-refractivity contribution in [1.82, 2.24) is 4.72 Å². The van der Waals surface area contributed by atoms with Crippen molar-refractivity contribution in [3.05, 3.63) is 28.8 Å². The van der Waals surface area contributed by atoms with E-state index in [1.54, 1.807) is 0 Å². The van der Waals surface area contributed by atoms with Crippen LogP contribution in [-0.4, -0.2) is 20.2 Å². The Morgan fingerprint density at radius 3 is 1.74 bits per heavy atom. The van der Waals surface area contributed by atoms with Gasteiger partial charge in [-0.2, -0.15) is 0 Å². The third kappa shape index (κ3) is 5.89. The van der Waals surface area contributed by atoms with Crippen molar-refractivity contribution >= 4 is 15.8 Å². The lowest BCUT2D eigenvalue weighted by atomic mass is 9.89. The molecule has 4 nitrogen and oxygen atoms in total. The first-order valence-corrected chi connectivity index (χ1v) is 11.7. The van der Waals surface area contributed by atoms with Gasteiger partial charge in [0.1, 0.15) is 0 Å². The summed E-state index contributed by atoms with van der Waals surface area (Å²) in [4.78, 5) is 12.7. The molecule has 1 atom stereocenters. The zero-order chi connectivity index (χ0) is 20.9. The van der Waals surface area contributed by atoms with Crippen LogP contribution in [0.15, 0.2) is 17.0 Å². The second-order valence-corrected chi connectivity index (χ2v) is 9.94. The molecular formula is C22H37NO3S. The van der Waals surface area contributed by atoms with E-state index >= 15 is 0 Å². The average Bonchev–Trinajstić information content (AvgIpc) is 2.58. The highest BCUT2D eigenvalue weighted by molar-refractivity contribution is 7.89. The highest BCUT2D eigenvalue weighted by atomic mass is 32.2. The summed E-state index contributed by atoms with van der Waals surface area (Å²) in [6, 6.07) is 3.37. The molecule has 0 fully saturated rings. The zero-order valence-corrected chi connectivity index (χ0v) is 19.0. The van der Waals surface area contributed by atoms with Crippen molar-refractivity contribution < 1.29 is 13.2 Å². The van der Waals surface area contributed by atoms with E-state index in [-0.39, 0.29) is 17.6 Å². The summed E-state index contributed by atoms with van der Waals surface area (Å²) < 4.78 is 29.5. The molecule has 0 aliphatic carbocycles. The molecule has 0 aliphatic rings. The summed E-state index contributed by atoms with van der Waals surface area (Å²) >= 11 is 0. The molecule has 154 valence electrons. The average molecular weight is 396 g/mol. The molecule has 0 aliphatic heterocycles. The molecule has 0 bridgehead atoms. The van der Waals surface area contributed by atoms with Crippen molar-refractivity contribution in [2.45, 2.75) is 103 Å². The number of carbonyl (C=O) groups excluding carboxylic acids is 1. The fraction of sp³-hybridized carbons (Fsp3) is 0.682. The Bertz CT molecular complexity index is 720. The van der Waals surface area contributed by atoms with Gasteiger partial charge >= 0.3 is 0 Å². The van der Waals surface area contributed by atoms with E-state index in [2.05, 4.69) is 18.6 Å². The summed E-state index contributed by atoms with van der Waals surface area (Å²) in [5.74, 6) is 0.414. The fourth-order valence-corrected chi connectivity index (χ4v) is 5.24. The third-order valence-electron chi connectivity index (χ3n) is 4.94. The van der Waals surface area contributed by atoms with Gasteiger partial charge < -0.3 is 0 Å². The van der Waals surface area contributed by atoms with Crippen LogP contribution in [0.25, 0.3) is 0 Å². The standard InChI is InChI=1S/C22H37NO3S/c1-9-11-21(24)20(10-2)23-27(25,26)22-18(15(5)6)12-17(14(3)4)13-19(22)16(7)8/h12-16,20,23H,9-11H2,1-8H3. The number of sulfonamides is 1. The van der Waals surface area contributed by atoms with Gasteiger partial charge in [-0.15, -0.1) is 0 Å². The molecule has 0 saturated carbocycles. The SMILES string of the molecule is CCCC(=O)C(CC)NS(=O)(=O)c1c(C(C)C)cc(C(C)C)cc1C(C)C. The molecular weight excluding hydrogens is 358 g/mol. The number of hydrogen-bond donors (Lipinski definition) is 1. The predicted octanol–water partition coefficient (Wildman–Crippen LogP) is 5.48. The quantitative estimate of drug-likeness (QED) is 0.570. The second-order valence-electron chi connectivity index (χ2n) is 8.29. The van der Waals surface area contributed by atoms with E-state index in [9.17, 15) is 13.2 Å². The molecule has 1 unspecified atom stereocenters. The molecule has 1 rings (SSSR count). The number of nitrogens with one attached hydrogen (secondary N) is 1. The minimum Gasteiger partial charge on any atom is -0.298 e. The lowest BCUT2D eigenvalue weighted by molar-refractivity contribution is -0.120. The Balaban J connectivity index is 3.59. The number of hydrogen-bond acceptors (Lipinski definition) is 3. The van der Waals surface area contributed by atoms with Gasteiger partial charge in [-0.25, -0.2) is 13.1 Å². The Kier molecular flexibility index (Phi) is 8.68. The lowest BCUT2D eigenvalue weighted by Crippen LogP contribution is -2.41. The van der Waals surface area contributed by atoms with Crippen molar-refractivity contribution in [3.8, 4) is 0 Å². The van der Waals surface area contributed by atoms with Gasteiger partial charge in [0.05, 0.1) is 10.9 Å². The highest BCUT2D eigenvalue weighted by Crippen LogP contribution is 2.35. The zero-order valence-electron chi connectivity index (χ0n) is 18.2. The summed E-state index contributed by atoms with van der Waals surface area (Å²) in [7, 11) is -3.80. The highest BCUT2D eigenvalue weighted by Gasteiger charge is 2.30. The molecule has 0 saturated heterocycles. The number of Topliss-reactive ketones (excluding diaryl/α,β-unsaturated/α-hetero) is 1. The van der Waals surface area contributed by atoms with Gasteiger partial charge in [0.2, 0.25) is 10.0 Å². The molecule has 5 heteroatoms. The number of ketones is 1. The van der Waals surface area contributed by atoms with Gasteiger partial charge in [-0.05, 0) is 47.3 Å². The summed E-state index contributed by atoms with van der Waals surface area (Å²) in [6.07, 6.45) is 1.56. The van der Waals surface area contributed by atoms with Gasteiger partial charge in [-0.1, -0.05) is 67.5 Å². The molecule has 1 aromatic rings. The van der Waals surface area contributed by atoms with E-state index < -0.39 is 16.1 Å². The van der Waals surface area contributed by atoms with E-state index in [1.807, 2.05) is 53.7 Å². The monoisotopic (exact) mass is 395 g/mol. The Morgan fingerprint density at radius 2 is 1.41 bits per heavy atom. The van der Waals surface area contributed by atoms with Crippen molar-refractivity contribution in [2.24, 2.45) is 0 Å².